The molecule has 3 rings (SSSR count). The summed E-state index contributed by atoms with van der Waals surface area (Å²) in [6.45, 7) is 6.12. The maximum Gasteiger partial charge on any atom is 0.320 e. The fourth-order valence-electron chi connectivity index (χ4n) is 4.05. The number of carboxylic acids is 1. The minimum atomic E-state index is -0.836. The van der Waals surface area contributed by atoms with Gasteiger partial charge in [-0.25, -0.2) is 0 Å². The van der Waals surface area contributed by atoms with Crippen LogP contribution in [0.4, 0.5) is 5.88 Å². The Morgan fingerprint density at radius 1 is 1.36 bits per heavy atom. The highest BCUT2D eigenvalue weighted by Crippen LogP contribution is 2.39. The van der Waals surface area contributed by atoms with Crippen LogP contribution in [0.25, 0.3) is 0 Å². The number of aliphatic carboxylic acids is 1. The third-order valence-corrected chi connectivity index (χ3v) is 5.37. The average Bonchev–Trinajstić information content (AvgIpc) is 3.12. The van der Waals surface area contributed by atoms with E-state index in [9.17, 15) is 14.7 Å². The van der Waals surface area contributed by atoms with Crippen molar-refractivity contribution in [2.24, 2.45) is 5.92 Å². The van der Waals surface area contributed by atoms with Gasteiger partial charge in [0.25, 0.3) is 0 Å². The molecule has 1 saturated carbocycles. The number of nitrogens with zero attached hydrogens (tertiary/aromatic N) is 2. The van der Waals surface area contributed by atoms with Crippen molar-refractivity contribution in [2.75, 3.05) is 11.9 Å². The molecule has 3 atom stereocenters. The summed E-state index contributed by atoms with van der Waals surface area (Å²) in [6.07, 6.45) is 4.93. The molecule has 1 aromatic rings. The molecule has 0 aromatic carbocycles. The molecule has 2 fully saturated rings. The Morgan fingerprint density at radius 2 is 2.08 bits per heavy atom. The number of fused-ring (bicyclic) bond motifs is 1. The molecule has 1 saturated heterocycles. The lowest BCUT2D eigenvalue weighted by atomic mass is 9.85. The number of carbonyl (C=O) groups is 2. The van der Waals surface area contributed by atoms with Crippen LogP contribution in [-0.4, -0.2) is 45.7 Å². The highest BCUT2D eigenvalue weighted by molar-refractivity contribution is 5.91. The Hall–Kier alpha value is -1.89. The predicted molar refractivity (Wildman–Crippen MR) is 92.3 cm³/mol. The molecule has 0 bridgehead atoms. The first-order valence-corrected chi connectivity index (χ1v) is 9.01. The van der Waals surface area contributed by atoms with E-state index in [1.54, 1.807) is 6.07 Å². The summed E-state index contributed by atoms with van der Waals surface area (Å²) in [5, 5.41) is 16.2. The number of carbonyl (C=O) groups excluding carboxylic acids is 1. The summed E-state index contributed by atoms with van der Waals surface area (Å²) in [4.78, 5) is 25.9. The Kier molecular flexibility index (Phi) is 4.86. The van der Waals surface area contributed by atoms with Crippen molar-refractivity contribution in [1.29, 1.82) is 0 Å². The average molecular weight is 349 g/mol. The molecule has 2 heterocycles. The molecule has 2 aliphatic rings. The van der Waals surface area contributed by atoms with E-state index in [0.29, 0.717) is 18.2 Å². The molecule has 1 aliphatic heterocycles. The van der Waals surface area contributed by atoms with Crippen molar-refractivity contribution in [3.63, 3.8) is 0 Å². The molecule has 7 heteroatoms. The second-order valence-electron chi connectivity index (χ2n) is 8.25. The normalized spacial score (nSPS) is 27.1. The lowest BCUT2D eigenvalue weighted by Gasteiger charge is -2.32. The lowest BCUT2D eigenvalue weighted by molar-refractivity contribution is -0.143. The van der Waals surface area contributed by atoms with Crippen LogP contribution in [0.1, 0.15) is 58.6 Å². The Labute approximate surface area is 147 Å². The van der Waals surface area contributed by atoms with E-state index in [4.69, 9.17) is 4.52 Å². The van der Waals surface area contributed by atoms with Crippen molar-refractivity contribution < 1.29 is 19.2 Å². The zero-order valence-electron chi connectivity index (χ0n) is 15.1. The molecule has 138 valence electrons. The van der Waals surface area contributed by atoms with E-state index >= 15 is 0 Å². The van der Waals surface area contributed by atoms with Crippen molar-refractivity contribution in [3.05, 3.63) is 11.8 Å². The maximum absolute atomic E-state index is 12.4. The Balaban J connectivity index is 1.66. The molecule has 0 radical (unpaired) electrons. The van der Waals surface area contributed by atoms with Gasteiger partial charge in [0, 0.05) is 17.5 Å². The number of hydrogen-bond donors (Lipinski definition) is 2. The largest absolute Gasteiger partial charge is 0.480 e. The van der Waals surface area contributed by atoms with Crippen molar-refractivity contribution in [3.8, 4) is 0 Å². The first-order valence-electron chi connectivity index (χ1n) is 9.01. The summed E-state index contributed by atoms with van der Waals surface area (Å²) >= 11 is 0. The molecule has 0 spiro atoms. The van der Waals surface area contributed by atoms with Crippen LogP contribution in [0.5, 0.6) is 0 Å². The van der Waals surface area contributed by atoms with Gasteiger partial charge in [0.2, 0.25) is 11.8 Å². The quantitative estimate of drug-likeness (QED) is 0.867. The zero-order chi connectivity index (χ0) is 18.2. The van der Waals surface area contributed by atoms with Crippen LogP contribution < -0.4 is 5.32 Å². The molecule has 1 amide bonds. The third kappa shape index (κ3) is 3.86. The molecular weight excluding hydrogens is 322 g/mol. The van der Waals surface area contributed by atoms with Crippen LogP contribution in [0.15, 0.2) is 10.6 Å². The summed E-state index contributed by atoms with van der Waals surface area (Å²) in [6, 6.07) is 1.35. The first kappa shape index (κ1) is 17.9. The van der Waals surface area contributed by atoms with Crippen LogP contribution in [0.2, 0.25) is 0 Å². The van der Waals surface area contributed by atoms with Crippen molar-refractivity contribution in [2.45, 2.75) is 70.4 Å². The van der Waals surface area contributed by atoms with E-state index in [2.05, 4.69) is 10.5 Å². The van der Waals surface area contributed by atoms with Gasteiger partial charge in [-0.3, -0.25) is 19.8 Å². The van der Waals surface area contributed by atoms with Crippen LogP contribution in [0, 0.1) is 5.92 Å². The van der Waals surface area contributed by atoms with Crippen molar-refractivity contribution in [1.82, 2.24) is 10.1 Å². The van der Waals surface area contributed by atoms with E-state index in [0.717, 1.165) is 31.4 Å². The van der Waals surface area contributed by atoms with E-state index in [1.165, 1.54) is 0 Å². The van der Waals surface area contributed by atoms with E-state index in [-0.39, 0.29) is 23.9 Å². The zero-order valence-corrected chi connectivity index (χ0v) is 15.1. The number of amides is 1. The fourth-order valence-corrected chi connectivity index (χ4v) is 4.05. The number of nitrogens with one attached hydrogen (secondary N) is 1. The van der Waals surface area contributed by atoms with Gasteiger partial charge >= 0.3 is 5.97 Å². The lowest BCUT2D eigenvalue weighted by Crippen LogP contribution is -2.46. The molecule has 1 aliphatic carbocycles. The second-order valence-corrected chi connectivity index (χ2v) is 8.25. The van der Waals surface area contributed by atoms with E-state index in [1.807, 2.05) is 25.7 Å². The van der Waals surface area contributed by atoms with Crippen molar-refractivity contribution >= 4 is 17.8 Å². The fraction of sp³-hybridized carbons (Fsp3) is 0.722. The predicted octanol–water partition coefficient (Wildman–Crippen LogP) is 2.63. The SMILES string of the molecule is CC(C)(C)c1cc(NC(=O)CN2C(C(=O)O)CC3CCCCC32)on1. The Morgan fingerprint density at radius 3 is 2.72 bits per heavy atom. The molecular formula is C18H27N3O4. The van der Waals surface area contributed by atoms with Gasteiger partial charge < -0.3 is 9.63 Å². The number of anilines is 1. The molecule has 1 aromatic heterocycles. The van der Waals surface area contributed by atoms with Gasteiger partial charge in [0.05, 0.1) is 12.2 Å². The van der Waals surface area contributed by atoms with Crippen LogP contribution in [0.3, 0.4) is 0 Å². The highest BCUT2D eigenvalue weighted by Gasteiger charge is 2.45. The third-order valence-electron chi connectivity index (χ3n) is 5.37. The summed E-state index contributed by atoms with van der Waals surface area (Å²) in [5.74, 6) is -0.396. The first-order chi connectivity index (χ1) is 11.8. The summed E-state index contributed by atoms with van der Waals surface area (Å²) in [7, 11) is 0. The molecule has 3 unspecified atom stereocenters. The monoisotopic (exact) mass is 349 g/mol. The molecule has 7 nitrogen and oxygen atoms in total. The van der Waals surface area contributed by atoms with Gasteiger partial charge in [-0.2, -0.15) is 0 Å². The highest BCUT2D eigenvalue weighted by atomic mass is 16.5. The van der Waals surface area contributed by atoms with Gasteiger partial charge in [-0.1, -0.05) is 38.8 Å². The minimum Gasteiger partial charge on any atom is -0.480 e. The topological polar surface area (TPSA) is 95.7 Å². The van der Waals surface area contributed by atoms with Gasteiger partial charge in [-0.15, -0.1) is 0 Å². The standard InChI is InChI=1S/C18H27N3O4/c1-18(2,3)14-9-16(25-20-14)19-15(22)10-21-12-7-5-4-6-11(12)8-13(21)17(23)24/h9,11-13H,4-8,10H2,1-3H3,(H,19,22)(H,23,24). The summed E-state index contributed by atoms with van der Waals surface area (Å²) < 4.78 is 5.19. The number of rotatable bonds is 4. The van der Waals surface area contributed by atoms with Gasteiger partial charge in [0.15, 0.2) is 0 Å². The molecule has 2 N–H and O–H groups in total. The van der Waals surface area contributed by atoms with Gasteiger partial charge in [0.1, 0.15) is 6.04 Å². The van der Waals surface area contributed by atoms with Gasteiger partial charge in [-0.05, 0) is 25.2 Å². The van der Waals surface area contributed by atoms with Crippen LogP contribution >= 0.6 is 0 Å². The Bertz CT molecular complexity index is 649. The summed E-state index contributed by atoms with van der Waals surface area (Å²) in [5.41, 5.74) is 0.602. The maximum atomic E-state index is 12.4. The number of carboxylic acid groups (broad SMARTS) is 1. The smallest absolute Gasteiger partial charge is 0.320 e. The minimum absolute atomic E-state index is 0.0731. The number of aromatic nitrogens is 1. The second kappa shape index (κ2) is 6.78. The molecule has 25 heavy (non-hydrogen) atoms. The van der Waals surface area contributed by atoms with Crippen LogP contribution in [-0.2, 0) is 15.0 Å². The van der Waals surface area contributed by atoms with E-state index < -0.39 is 12.0 Å². The number of hydrogen-bond acceptors (Lipinski definition) is 5. The number of likely N-dealkylation sites (tertiary alicyclic amines) is 1.